The van der Waals surface area contributed by atoms with Crippen molar-refractivity contribution in [2.45, 2.75) is 38.5 Å². The molecule has 1 aromatic heterocycles. The highest BCUT2D eigenvalue weighted by Crippen LogP contribution is 2.17. The maximum Gasteiger partial charge on any atom is 0.151 e. The number of hydrogen-bond acceptors (Lipinski definition) is 4. The minimum atomic E-state index is 0.800. The third-order valence-electron chi connectivity index (χ3n) is 3.63. The van der Waals surface area contributed by atoms with Gasteiger partial charge in [-0.2, -0.15) is 5.10 Å². The molecular weight excluding hydrogens is 236 g/mol. The van der Waals surface area contributed by atoms with Gasteiger partial charge in [-0.15, -0.1) is 5.10 Å². The van der Waals surface area contributed by atoms with E-state index in [1.54, 1.807) is 0 Å². The van der Waals surface area contributed by atoms with Crippen LogP contribution in [0.4, 0.5) is 5.69 Å². The Labute approximate surface area is 113 Å². The molecule has 1 aromatic carbocycles. The number of aromatic nitrogens is 3. The summed E-state index contributed by atoms with van der Waals surface area (Å²) in [5, 5.41) is 8.55. The van der Waals surface area contributed by atoms with Crippen LogP contribution in [0.5, 0.6) is 0 Å². The van der Waals surface area contributed by atoms with Gasteiger partial charge < -0.3 is 5.73 Å². The molecule has 0 saturated carbocycles. The van der Waals surface area contributed by atoms with Gasteiger partial charge in [-0.3, -0.25) is 0 Å². The van der Waals surface area contributed by atoms with Crippen LogP contribution in [0.15, 0.2) is 24.3 Å². The average Bonchev–Trinajstić information content (AvgIpc) is 2.46. The lowest BCUT2D eigenvalue weighted by molar-refractivity contribution is 0.616. The Morgan fingerprint density at radius 2 is 1.74 bits per heavy atom. The van der Waals surface area contributed by atoms with E-state index >= 15 is 0 Å². The van der Waals surface area contributed by atoms with E-state index in [-0.39, 0.29) is 0 Å². The second kappa shape index (κ2) is 5.34. The fraction of sp³-hybridized carbons (Fsp3) is 0.400. The number of rotatable bonds is 3. The molecule has 0 unspecified atom stereocenters. The monoisotopic (exact) mass is 254 g/mol. The zero-order valence-corrected chi connectivity index (χ0v) is 11.0. The summed E-state index contributed by atoms with van der Waals surface area (Å²) >= 11 is 0. The van der Waals surface area contributed by atoms with E-state index in [2.05, 4.69) is 21.2 Å². The Balaban J connectivity index is 1.72. The van der Waals surface area contributed by atoms with Gasteiger partial charge in [-0.1, -0.05) is 18.2 Å². The molecule has 1 aliphatic rings. The molecule has 19 heavy (non-hydrogen) atoms. The first-order valence-corrected chi connectivity index (χ1v) is 6.87. The second-order valence-corrected chi connectivity index (χ2v) is 5.03. The third kappa shape index (κ3) is 2.72. The minimum absolute atomic E-state index is 0.800. The van der Waals surface area contributed by atoms with Crippen LogP contribution < -0.4 is 5.73 Å². The molecule has 0 bridgehead atoms. The highest BCUT2D eigenvalue weighted by molar-refractivity contribution is 5.46. The fourth-order valence-electron chi connectivity index (χ4n) is 2.51. The van der Waals surface area contributed by atoms with Crippen molar-refractivity contribution in [3.63, 3.8) is 0 Å². The van der Waals surface area contributed by atoms with Crippen LogP contribution in [0.25, 0.3) is 0 Å². The molecule has 4 nitrogen and oxygen atoms in total. The summed E-state index contributed by atoms with van der Waals surface area (Å²) in [7, 11) is 0. The van der Waals surface area contributed by atoms with Gasteiger partial charge in [-0.25, -0.2) is 4.98 Å². The van der Waals surface area contributed by atoms with Crippen LogP contribution >= 0.6 is 0 Å². The van der Waals surface area contributed by atoms with Gasteiger partial charge in [0.15, 0.2) is 5.82 Å². The highest BCUT2D eigenvalue weighted by atomic mass is 15.2. The Kier molecular flexibility index (Phi) is 3.40. The molecule has 0 saturated heterocycles. The smallest absolute Gasteiger partial charge is 0.151 e. The maximum atomic E-state index is 5.94. The number of nitrogen functional groups attached to an aromatic ring is 1. The first-order valence-electron chi connectivity index (χ1n) is 6.87. The summed E-state index contributed by atoms with van der Waals surface area (Å²) < 4.78 is 0. The summed E-state index contributed by atoms with van der Waals surface area (Å²) in [4.78, 5) is 4.64. The highest BCUT2D eigenvalue weighted by Gasteiger charge is 2.13. The Bertz CT molecular complexity index is 580. The Morgan fingerprint density at radius 1 is 0.947 bits per heavy atom. The van der Waals surface area contributed by atoms with Gasteiger partial charge in [-0.05, 0) is 43.7 Å². The van der Waals surface area contributed by atoms with Gasteiger partial charge in [0.25, 0.3) is 0 Å². The molecule has 0 atom stereocenters. The molecule has 98 valence electrons. The van der Waals surface area contributed by atoms with Gasteiger partial charge in [0.05, 0.1) is 11.4 Å². The number of aryl methyl sites for hydroxylation is 4. The first kappa shape index (κ1) is 12.1. The Hall–Kier alpha value is -1.97. The van der Waals surface area contributed by atoms with E-state index in [0.717, 1.165) is 54.1 Å². The van der Waals surface area contributed by atoms with E-state index in [4.69, 9.17) is 5.73 Å². The maximum absolute atomic E-state index is 5.94. The second-order valence-electron chi connectivity index (χ2n) is 5.03. The van der Waals surface area contributed by atoms with Crippen molar-refractivity contribution < 1.29 is 0 Å². The van der Waals surface area contributed by atoms with E-state index in [1.165, 1.54) is 12.8 Å². The summed E-state index contributed by atoms with van der Waals surface area (Å²) in [6.45, 7) is 0. The van der Waals surface area contributed by atoms with Crippen LogP contribution in [0.2, 0.25) is 0 Å². The van der Waals surface area contributed by atoms with Crippen LogP contribution in [0, 0.1) is 0 Å². The molecular formula is C15H18N4. The van der Waals surface area contributed by atoms with Crippen LogP contribution in [-0.2, 0) is 25.7 Å². The number of nitrogens with two attached hydrogens (primary N) is 1. The van der Waals surface area contributed by atoms with Crippen LogP contribution in [0.1, 0.15) is 35.6 Å². The number of benzene rings is 1. The van der Waals surface area contributed by atoms with E-state index in [0.29, 0.717) is 0 Å². The molecule has 4 heteroatoms. The SMILES string of the molecule is Nc1ccccc1CCc1nnc2c(n1)CCCC2. The van der Waals surface area contributed by atoms with Crippen molar-refractivity contribution in [2.24, 2.45) is 0 Å². The number of para-hydroxylation sites is 1. The number of nitrogens with zero attached hydrogens (tertiary/aromatic N) is 3. The van der Waals surface area contributed by atoms with E-state index in [1.807, 2.05) is 18.2 Å². The summed E-state index contributed by atoms with van der Waals surface area (Å²) in [6, 6.07) is 7.95. The molecule has 0 fully saturated rings. The van der Waals surface area contributed by atoms with Crippen molar-refractivity contribution in [2.75, 3.05) is 5.73 Å². The van der Waals surface area contributed by atoms with Crippen LogP contribution in [-0.4, -0.2) is 15.2 Å². The minimum Gasteiger partial charge on any atom is -0.399 e. The third-order valence-corrected chi connectivity index (χ3v) is 3.63. The molecule has 2 N–H and O–H groups in total. The lowest BCUT2D eigenvalue weighted by atomic mass is 10.0. The van der Waals surface area contributed by atoms with Crippen molar-refractivity contribution >= 4 is 5.69 Å². The Morgan fingerprint density at radius 3 is 2.58 bits per heavy atom. The molecule has 0 amide bonds. The standard InChI is InChI=1S/C15H18N4/c16-12-6-2-1-5-11(12)9-10-15-17-13-7-3-4-8-14(13)18-19-15/h1-2,5-6H,3-4,7-10,16H2. The summed E-state index contributed by atoms with van der Waals surface area (Å²) in [5.41, 5.74) is 10.2. The van der Waals surface area contributed by atoms with Gasteiger partial charge in [0.2, 0.25) is 0 Å². The largest absolute Gasteiger partial charge is 0.399 e. The zero-order valence-electron chi connectivity index (χ0n) is 11.0. The molecule has 2 aromatic rings. The van der Waals surface area contributed by atoms with Gasteiger partial charge in [0, 0.05) is 12.1 Å². The fourth-order valence-corrected chi connectivity index (χ4v) is 2.51. The van der Waals surface area contributed by atoms with Crippen LogP contribution in [0.3, 0.4) is 0 Å². The molecule has 1 aliphatic carbocycles. The number of fused-ring (bicyclic) bond motifs is 1. The van der Waals surface area contributed by atoms with Crippen molar-refractivity contribution in [1.82, 2.24) is 15.2 Å². The molecule has 1 heterocycles. The predicted octanol–water partition coefficient (Wildman–Crippen LogP) is 2.12. The average molecular weight is 254 g/mol. The zero-order chi connectivity index (χ0) is 13.1. The molecule has 0 spiro atoms. The van der Waals surface area contributed by atoms with Gasteiger partial charge >= 0.3 is 0 Å². The van der Waals surface area contributed by atoms with E-state index in [9.17, 15) is 0 Å². The summed E-state index contributed by atoms with van der Waals surface area (Å²) in [5.74, 6) is 0.837. The lowest BCUT2D eigenvalue weighted by Crippen LogP contribution is -2.12. The normalized spacial score (nSPS) is 14.1. The van der Waals surface area contributed by atoms with Crippen molar-refractivity contribution in [3.05, 3.63) is 47.0 Å². The molecule has 0 radical (unpaired) electrons. The number of anilines is 1. The molecule has 3 rings (SSSR count). The number of hydrogen-bond donors (Lipinski definition) is 1. The van der Waals surface area contributed by atoms with E-state index < -0.39 is 0 Å². The quantitative estimate of drug-likeness (QED) is 0.852. The van der Waals surface area contributed by atoms with Gasteiger partial charge in [0.1, 0.15) is 0 Å². The summed E-state index contributed by atoms with van der Waals surface area (Å²) in [6.07, 6.45) is 6.17. The topological polar surface area (TPSA) is 64.7 Å². The van der Waals surface area contributed by atoms with Crippen molar-refractivity contribution in [3.8, 4) is 0 Å². The van der Waals surface area contributed by atoms with Crippen molar-refractivity contribution in [1.29, 1.82) is 0 Å². The molecule has 0 aliphatic heterocycles. The first-order chi connectivity index (χ1) is 9.33. The lowest BCUT2D eigenvalue weighted by Gasteiger charge is -2.13. The predicted molar refractivity (Wildman–Crippen MR) is 74.7 cm³/mol.